The Morgan fingerprint density at radius 3 is 2.70 bits per heavy atom. The number of hydrogen-bond donors (Lipinski definition) is 1. The number of benzene rings is 1. The third-order valence-electron chi connectivity index (χ3n) is 4.75. The van der Waals surface area contributed by atoms with E-state index in [4.69, 9.17) is 23.7 Å². The van der Waals surface area contributed by atoms with Crippen molar-refractivity contribution in [2.45, 2.75) is 36.5 Å². The van der Waals surface area contributed by atoms with Crippen LogP contribution in [0.15, 0.2) is 42.5 Å². The van der Waals surface area contributed by atoms with Gasteiger partial charge in [-0.3, -0.25) is 0 Å². The van der Waals surface area contributed by atoms with Crippen molar-refractivity contribution >= 4 is 0 Å². The van der Waals surface area contributed by atoms with E-state index in [1.54, 1.807) is 0 Å². The zero-order chi connectivity index (χ0) is 16.0. The maximum absolute atomic E-state index is 11.3. The lowest BCUT2D eigenvalue weighted by molar-refractivity contribution is -0.370. The minimum Gasteiger partial charge on any atom is -0.380 e. The van der Waals surface area contributed by atoms with Crippen LogP contribution in [0.2, 0.25) is 0 Å². The average Bonchev–Trinajstić information content (AvgIpc) is 2.91. The van der Waals surface area contributed by atoms with Crippen LogP contribution >= 0.6 is 0 Å². The van der Waals surface area contributed by atoms with E-state index in [1.807, 2.05) is 30.3 Å². The molecule has 3 fully saturated rings. The Morgan fingerprint density at radius 1 is 1.17 bits per heavy atom. The molecule has 1 aromatic rings. The first-order chi connectivity index (χ1) is 11.1. The van der Waals surface area contributed by atoms with Crippen molar-refractivity contribution in [2.75, 3.05) is 20.3 Å². The Hall–Kier alpha value is -1.28. The molecule has 3 heterocycles. The topological polar surface area (TPSA) is 66.4 Å². The Labute approximate surface area is 134 Å². The van der Waals surface area contributed by atoms with Crippen LogP contribution in [0.1, 0.15) is 11.9 Å². The molecule has 0 aromatic heterocycles. The monoisotopic (exact) mass is 320 g/mol. The second-order valence-corrected chi connectivity index (χ2v) is 6.07. The molecule has 6 atom stereocenters. The lowest BCUT2D eigenvalue weighted by Crippen LogP contribution is -2.68. The summed E-state index contributed by atoms with van der Waals surface area (Å²) in [6, 6.07) is 9.61. The minimum atomic E-state index is -1.35. The van der Waals surface area contributed by atoms with Gasteiger partial charge in [0.05, 0.1) is 13.2 Å². The second-order valence-electron chi connectivity index (χ2n) is 6.07. The second kappa shape index (κ2) is 5.66. The molecule has 3 saturated heterocycles. The fraction of sp³-hybridized carbons (Fsp3) is 0.529. The SMILES string of the molecule is C=C1CO[C@H]2[C@@H](OC)O[C@@H]3CO[C@@H](c4ccccc4)O[C@H]3[C@@]12O. The van der Waals surface area contributed by atoms with Crippen LogP contribution in [-0.4, -0.2) is 55.6 Å². The van der Waals surface area contributed by atoms with Gasteiger partial charge in [0.15, 0.2) is 12.6 Å². The third-order valence-corrected chi connectivity index (χ3v) is 4.75. The lowest BCUT2D eigenvalue weighted by Gasteiger charge is -2.50. The van der Waals surface area contributed by atoms with E-state index in [0.29, 0.717) is 12.2 Å². The molecule has 0 bridgehead atoms. The zero-order valence-electron chi connectivity index (χ0n) is 12.9. The van der Waals surface area contributed by atoms with E-state index in [2.05, 4.69) is 6.58 Å². The molecule has 3 aliphatic heterocycles. The van der Waals surface area contributed by atoms with Gasteiger partial charge in [0.2, 0.25) is 0 Å². The largest absolute Gasteiger partial charge is 0.380 e. The van der Waals surface area contributed by atoms with E-state index in [0.717, 1.165) is 5.56 Å². The van der Waals surface area contributed by atoms with Gasteiger partial charge in [0.25, 0.3) is 0 Å². The number of aliphatic hydroxyl groups is 1. The molecule has 3 aliphatic rings. The normalized spacial score (nSPS) is 43.0. The Kier molecular flexibility index (Phi) is 3.76. The van der Waals surface area contributed by atoms with E-state index in [1.165, 1.54) is 7.11 Å². The van der Waals surface area contributed by atoms with Gasteiger partial charge in [-0.2, -0.15) is 0 Å². The molecule has 1 N–H and O–H groups in total. The van der Waals surface area contributed by atoms with E-state index in [9.17, 15) is 5.11 Å². The quantitative estimate of drug-likeness (QED) is 0.825. The van der Waals surface area contributed by atoms with Crippen LogP contribution in [0.5, 0.6) is 0 Å². The molecule has 124 valence electrons. The average molecular weight is 320 g/mol. The Bertz CT molecular complexity index is 590. The molecule has 1 aromatic carbocycles. The number of fused-ring (bicyclic) bond motifs is 3. The summed E-state index contributed by atoms with van der Waals surface area (Å²) in [6.45, 7) is 4.52. The van der Waals surface area contributed by atoms with Crippen LogP contribution in [0.25, 0.3) is 0 Å². The van der Waals surface area contributed by atoms with E-state index < -0.39 is 36.5 Å². The highest BCUT2D eigenvalue weighted by molar-refractivity contribution is 5.28. The molecule has 6 nitrogen and oxygen atoms in total. The standard InChI is InChI=1S/C17H20O6/c1-10-8-20-14-16(19-2)22-12-9-21-15(11-6-4-3-5-7-11)23-13(12)17(10,14)18/h3-7,12-16,18H,1,8-9H2,2H3/t12-,13-,14+,15-,16+,17+/m1/s1. The highest BCUT2D eigenvalue weighted by Crippen LogP contribution is 2.46. The molecule has 0 spiro atoms. The summed E-state index contributed by atoms with van der Waals surface area (Å²) in [5.41, 5.74) is 0.126. The summed E-state index contributed by atoms with van der Waals surface area (Å²) in [6.07, 6.45) is -2.96. The van der Waals surface area contributed by atoms with Crippen molar-refractivity contribution in [1.82, 2.24) is 0 Å². The molecule has 6 heteroatoms. The van der Waals surface area contributed by atoms with Crippen LogP contribution in [0.3, 0.4) is 0 Å². The molecule has 0 saturated carbocycles. The maximum Gasteiger partial charge on any atom is 0.187 e. The zero-order valence-corrected chi connectivity index (χ0v) is 12.9. The maximum atomic E-state index is 11.3. The van der Waals surface area contributed by atoms with Gasteiger partial charge in [0, 0.05) is 12.7 Å². The molecule has 0 aliphatic carbocycles. The number of rotatable bonds is 2. The molecule has 0 radical (unpaired) electrons. The minimum absolute atomic E-state index is 0.258. The summed E-state index contributed by atoms with van der Waals surface area (Å²) in [7, 11) is 1.52. The van der Waals surface area contributed by atoms with Gasteiger partial charge in [-0.05, 0) is 5.57 Å². The summed E-state index contributed by atoms with van der Waals surface area (Å²) in [5.74, 6) is 0. The molecule has 23 heavy (non-hydrogen) atoms. The van der Waals surface area contributed by atoms with Crippen LogP contribution < -0.4 is 0 Å². The van der Waals surface area contributed by atoms with Crippen molar-refractivity contribution in [1.29, 1.82) is 0 Å². The third kappa shape index (κ3) is 2.26. The van der Waals surface area contributed by atoms with Gasteiger partial charge in [-0.15, -0.1) is 0 Å². The van der Waals surface area contributed by atoms with Crippen molar-refractivity contribution < 1.29 is 28.8 Å². The Morgan fingerprint density at radius 2 is 1.96 bits per heavy atom. The van der Waals surface area contributed by atoms with Crippen molar-refractivity contribution in [3.63, 3.8) is 0 Å². The number of ether oxygens (including phenoxy) is 5. The molecule has 0 unspecified atom stereocenters. The summed E-state index contributed by atoms with van der Waals surface area (Å²) in [5, 5.41) is 11.3. The van der Waals surface area contributed by atoms with Gasteiger partial charge in [0.1, 0.15) is 23.9 Å². The number of hydrogen-bond acceptors (Lipinski definition) is 6. The molecule has 0 amide bonds. The fourth-order valence-corrected chi connectivity index (χ4v) is 3.52. The predicted molar refractivity (Wildman–Crippen MR) is 79.5 cm³/mol. The first kappa shape index (κ1) is 15.3. The lowest BCUT2D eigenvalue weighted by atomic mass is 9.80. The van der Waals surface area contributed by atoms with Crippen LogP contribution in [0, 0.1) is 0 Å². The highest BCUT2D eigenvalue weighted by atomic mass is 16.8. The first-order valence-corrected chi connectivity index (χ1v) is 7.67. The van der Waals surface area contributed by atoms with Gasteiger partial charge in [-0.1, -0.05) is 36.9 Å². The molecular formula is C17H20O6. The first-order valence-electron chi connectivity index (χ1n) is 7.67. The highest BCUT2D eigenvalue weighted by Gasteiger charge is 2.63. The summed E-state index contributed by atoms with van der Waals surface area (Å²) < 4.78 is 28.7. The predicted octanol–water partition coefficient (Wildman–Crippen LogP) is 1.16. The summed E-state index contributed by atoms with van der Waals surface area (Å²) >= 11 is 0. The van der Waals surface area contributed by atoms with Gasteiger partial charge >= 0.3 is 0 Å². The Balaban J connectivity index is 1.65. The molecular weight excluding hydrogens is 300 g/mol. The van der Waals surface area contributed by atoms with Gasteiger partial charge < -0.3 is 28.8 Å². The van der Waals surface area contributed by atoms with Gasteiger partial charge in [-0.25, -0.2) is 0 Å². The van der Waals surface area contributed by atoms with E-state index >= 15 is 0 Å². The van der Waals surface area contributed by atoms with E-state index in [-0.39, 0.29) is 6.61 Å². The fourth-order valence-electron chi connectivity index (χ4n) is 3.52. The smallest absolute Gasteiger partial charge is 0.187 e. The van der Waals surface area contributed by atoms with Crippen molar-refractivity contribution in [3.05, 3.63) is 48.0 Å². The number of methoxy groups -OCH3 is 1. The van der Waals surface area contributed by atoms with Crippen LogP contribution in [-0.2, 0) is 23.7 Å². The van der Waals surface area contributed by atoms with Crippen molar-refractivity contribution in [2.24, 2.45) is 0 Å². The molecule has 4 rings (SSSR count). The van der Waals surface area contributed by atoms with Crippen molar-refractivity contribution in [3.8, 4) is 0 Å². The summed E-state index contributed by atoms with van der Waals surface area (Å²) in [4.78, 5) is 0. The van der Waals surface area contributed by atoms with Crippen LogP contribution in [0.4, 0.5) is 0 Å².